The number of halogens is 1. The van der Waals surface area contributed by atoms with Crippen LogP contribution in [-0.4, -0.2) is 33.9 Å². The normalized spacial score (nSPS) is 14.7. The van der Waals surface area contributed by atoms with Crippen LogP contribution in [0.25, 0.3) is 0 Å². The molecule has 0 atom stereocenters. The van der Waals surface area contributed by atoms with Gasteiger partial charge in [0, 0.05) is 37.5 Å². The average molecular weight is 283 g/mol. The predicted octanol–water partition coefficient (Wildman–Crippen LogP) is 2.92. The van der Waals surface area contributed by atoms with Crippen LogP contribution in [0.15, 0.2) is 18.2 Å². The topological polar surface area (TPSA) is 24.5 Å². The van der Waals surface area contributed by atoms with E-state index in [2.05, 4.69) is 23.3 Å². The zero-order valence-corrected chi connectivity index (χ0v) is 12.5. The first kappa shape index (κ1) is 14.6. The van der Waals surface area contributed by atoms with Gasteiger partial charge in [-0.15, -0.1) is 0 Å². The molecule has 0 heterocycles. The minimum Gasteiger partial charge on any atom is -0.379 e. The maximum Gasteiger partial charge on any atom is 0.0641 e. The molecule has 0 amide bonds. The molecule has 1 aromatic carbocycles. The van der Waals surface area contributed by atoms with E-state index in [1.54, 1.807) is 0 Å². The molecule has 0 unspecified atom stereocenters. The highest BCUT2D eigenvalue weighted by atomic mass is 35.5. The Bertz CT molecular complexity index is 407. The van der Waals surface area contributed by atoms with Crippen molar-refractivity contribution in [1.82, 2.24) is 5.32 Å². The van der Waals surface area contributed by atoms with Gasteiger partial charge in [0.1, 0.15) is 0 Å². The number of rotatable bonds is 8. The van der Waals surface area contributed by atoms with Gasteiger partial charge in [-0.25, -0.2) is 0 Å². The smallest absolute Gasteiger partial charge is 0.0641 e. The summed E-state index contributed by atoms with van der Waals surface area (Å²) < 4.78 is 5.69. The lowest BCUT2D eigenvalue weighted by atomic mass is 10.1. The second kappa shape index (κ2) is 7.13. The Kier molecular flexibility index (Phi) is 5.49. The minimum atomic E-state index is 0.776. The van der Waals surface area contributed by atoms with Gasteiger partial charge in [0.15, 0.2) is 0 Å². The van der Waals surface area contributed by atoms with E-state index in [-0.39, 0.29) is 0 Å². The molecular formula is C15H23ClN2O. The third-order valence-electron chi connectivity index (χ3n) is 3.45. The van der Waals surface area contributed by atoms with Crippen molar-refractivity contribution in [2.75, 3.05) is 38.8 Å². The molecule has 0 spiro atoms. The molecule has 0 saturated heterocycles. The molecule has 1 fully saturated rings. The van der Waals surface area contributed by atoms with Crippen molar-refractivity contribution in [2.24, 2.45) is 5.92 Å². The summed E-state index contributed by atoms with van der Waals surface area (Å²) >= 11 is 6.09. The van der Waals surface area contributed by atoms with Crippen LogP contribution in [0.5, 0.6) is 0 Å². The van der Waals surface area contributed by atoms with Crippen LogP contribution in [-0.2, 0) is 11.3 Å². The first-order valence-corrected chi connectivity index (χ1v) is 7.30. The van der Waals surface area contributed by atoms with Crippen molar-refractivity contribution < 1.29 is 4.74 Å². The fourth-order valence-electron chi connectivity index (χ4n) is 2.09. The van der Waals surface area contributed by atoms with Crippen molar-refractivity contribution in [1.29, 1.82) is 0 Å². The van der Waals surface area contributed by atoms with Gasteiger partial charge in [-0.3, -0.25) is 0 Å². The van der Waals surface area contributed by atoms with E-state index in [1.165, 1.54) is 24.1 Å². The number of nitrogens with one attached hydrogen (secondary N) is 1. The molecular weight excluding hydrogens is 260 g/mol. The molecule has 0 radical (unpaired) electrons. The Labute approximate surface area is 120 Å². The van der Waals surface area contributed by atoms with Gasteiger partial charge in [-0.2, -0.15) is 0 Å². The lowest BCUT2D eigenvalue weighted by Gasteiger charge is -2.23. The highest BCUT2D eigenvalue weighted by molar-refractivity contribution is 6.30. The Hall–Kier alpha value is -0.770. The number of hydrogen-bond donors (Lipinski definition) is 1. The van der Waals surface area contributed by atoms with Crippen LogP contribution < -0.4 is 10.2 Å². The second-order valence-electron chi connectivity index (χ2n) is 5.24. The second-order valence-corrected chi connectivity index (χ2v) is 5.68. The van der Waals surface area contributed by atoms with Gasteiger partial charge in [-0.05, 0) is 43.5 Å². The number of nitrogens with zero attached hydrogens (tertiary/aromatic N) is 1. The molecule has 3 nitrogen and oxygen atoms in total. The molecule has 4 heteroatoms. The lowest BCUT2D eigenvalue weighted by Crippen LogP contribution is -2.24. The van der Waals surface area contributed by atoms with Gasteiger partial charge in [-0.1, -0.05) is 17.7 Å². The quantitative estimate of drug-likeness (QED) is 0.742. The van der Waals surface area contributed by atoms with Gasteiger partial charge in [0.25, 0.3) is 0 Å². The summed E-state index contributed by atoms with van der Waals surface area (Å²) in [6.45, 7) is 3.44. The molecule has 106 valence electrons. The summed E-state index contributed by atoms with van der Waals surface area (Å²) in [6, 6.07) is 6.04. The van der Waals surface area contributed by atoms with E-state index in [4.69, 9.17) is 16.3 Å². The fraction of sp³-hybridized carbons (Fsp3) is 0.600. The van der Waals surface area contributed by atoms with Crippen LogP contribution in [0, 0.1) is 5.92 Å². The molecule has 0 aromatic heterocycles. The molecule has 19 heavy (non-hydrogen) atoms. The van der Waals surface area contributed by atoms with Crippen LogP contribution in [0.2, 0.25) is 5.02 Å². The summed E-state index contributed by atoms with van der Waals surface area (Å²) in [5, 5.41) is 3.97. The predicted molar refractivity (Wildman–Crippen MR) is 81.0 cm³/mol. The Morgan fingerprint density at radius 2 is 2.21 bits per heavy atom. The van der Waals surface area contributed by atoms with Crippen molar-refractivity contribution >= 4 is 17.3 Å². The Balaban J connectivity index is 1.87. The SMILES string of the molecule is CNCc1ccc(Cl)cc1N(C)CCOCC1CC1. The van der Waals surface area contributed by atoms with E-state index in [0.717, 1.165) is 37.2 Å². The van der Waals surface area contributed by atoms with E-state index < -0.39 is 0 Å². The Morgan fingerprint density at radius 3 is 2.89 bits per heavy atom. The van der Waals surface area contributed by atoms with Crippen molar-refractivity contribution in [3.05, 3.63) is 28.8 Å². The fourth-order valence-corrected chi connectivity index (χ4v) is 2.26. The van der Waals surface area contributed by atoms with E-state index >= 15 is 0 Å². The zero-order valence-electron chi connectivity index (χ0n) is 11.8. The molecule has 1 aliphatic rings. The van der Waals surface area contributed by atoms with Gasteiger partial charge in [0.2, 0.25) is 0 Å². The van der Waals surface area contributed by atoms with Gasteiger partial charge in [0.05, 0.1) is 6.61 Å². The Morgan fingerprint density at radius 1 is 1.42 bits per heavy atom. The summed E-state index contributed by atoms with van der Waals surface area (Å²) in [5.74, 6) is 0.830. The van der Waals surface area contributed by atoms with Crippen LogP contribution in [0.4, 0.5) is 5.69 Å². The van der Waals surface area contributed by atoms with Crippen LogP contribution in [0.1, 0.15) is 18.4 Å². The number of anilines is 1. The van der Waals surface area contributed by atoms with E-state index in [0.29, 0.717) is 0 Å². The summed E-state index contributed by atoms with van der Waals surface area (Å²) in [6.07, 6.45) is 2.69. The van der Waals surface area contributed by atoms with Crippen LogP contribution >= 0.6 is 11.6 Å². The maximum absolute atomic E-state index is 6.09. The molecule has 1 aliphatic carbocycles. The standard InChI is InChI=1S/C15H23ClN2O/c1-17-10-13-5-6-14(16)9-15(13)18(2)7-8-19-11-12-3-4-12/h5-6,9,12,17H,3-4,7-8,10-11H2,1-2H3. The monoisotopic (exact) mass is 282 g/mol. The third kappa shape index (κ3) is 4.68. The number of likely N-dealkylation sites (N-methyl/N-ethyl adjacent to an activating group) is 1. The molecule has 1 aromatic rings. The molecule has 1 N–H and O–H groups in total. The first-order chi connectivity index (χ1) is 9.20. The average Bonchev–Trinajstić information content (AvgIpc) is 3.21. The number of hydrogen-bond acceptors (Lipinski definition) is 3. The summed E-state index contributed by atoms with van der Waals surface area (Å²) in [5.41, 5.74) is 2.44. The maximum atomic E-state index is 6.09. The first-order valence-electron chi connectivity index (χ1n) is 6.92. The minimum absolute atomic E-state index is 0.776. The third-order valence-corrected chi connectivity index (χ3v) is 3.68. The number of benzene rings is 1. The van der Waals surface area contributed by atoms with E-state index in [1.807, 2.05) is 19.2 Å². The van der Waals surface area contributed by atoms with Crippen molar-refractivity contribution in [3.63, 3.8) is 0 Å². The van der Waals surface area contributed by atoms with Gasteiger partial charge < -0.3 is 15.0 Å². The lowest BCUT2D eigenvalue weighted by molar-refractivity contribution is 0.131. The van der Waals surface area contributed by atoms with Gasteiger partial charge >= 0.3 is 0 Å². The van der Waals surface area contributed by atoms with E-state index in [9.17, 15) is 0 Å². The molecule has 0 bridgehead atoms. The molecule has 2 rings (SSSR count). The summed E-state index contributed by atoms with van der Waals surface area (Å²) in [7, 11) is 4.04. The van der Waals surface area contributed by atoms with Crippen molar-refractivity contribution in [3.8, 4) is 0 Å². The largest absolute Gasteiger partial charge is 0.379 e. The highest BCUT2D eigenvalue weighted by Gasteiger charge is 2.21. The number of ether oxygens (including phenoxy) is 1. The molecule has 0 aliphatic heterocycles. The zero-order chi connectivity index (χ0) is 13.7. The highest BCUT2D eigenvalue weighted by Crippen LogP contribution is 2.29. The molecule has 1 saturated carbocycles. The van der Waals surface area contributed by atoms with Crippen LogP contribution in [0.3, 0.4) is 0 Å². The summed E-state index contributed by atoms with van der Waals surface area (Å²) in [4.78, 5) is 2.21. The van der Waals surface area contributed by atoms with Crippen molar-refractivity contribution in [2.45, 2.75) is 19.4 Å².